The van der Waals surface area contributed by atoms with Gasteiger partial charge in [0.05, 0.1) is 34.0 Å². The Bertz CT molecular complexity index is 1020. The lowest BCUT2D eigenvalue weighted by molar-refractivity contribution is -0.386. The van der Waals surface area contributed by atoms with Crippen molar-refractivity contribution in [2.45, 2.75) is 4.90 Å². The van der Waals surface area contributed by atoms with Gasteiger partial charge in [-0.05, 0) is 18.2 Å². The molecule has 28 heavy (non-hydrogen) atoms. The number of ether oxygens (including phenoxy) is 2. The summed E-state index contributed by atoms with van der Waals surface area (Å²) in [6.07, 6.45) is 0. The van der Waals surface area contributed by atoms with Crippen LogP contribution in [0.5, 0.6) is 11.5 Å². The Kier molecular flexibility index (Phi) is 5.53. The molecule has 0 saturated carbocycles. The molecule has 1 aliphatic heterocycles. The summed E-state index contributed by atoms with van der Waals surface area (Å²) in [5.74, 6) is -0.215. The van der Waals surface area contributed by atoms with Crippen LogP contribution in [0.3, 0.4) is 0 Å². The Labute approximate surface area is 159 Å². The Morgan fingerprint density at radius 3 is 2.36 bits per heavy atom. The predicted molar refractivity (Wildman–Crippen MR) is 95.8 cm³/mol. The van der Waals surface area contributed by atoms with Crippen molar-refractivity contribution < 1.29 is 27.7 Å². The molecule has 0 spiro atoms. The second-order valence-corrected chi connectivity index (χ2v) is 7.70. The molecule has 0 unspecified atom stereocenters. The summed E-state index contributed by atoms with van der Waals surface area (Å²) in [6.45, 7) is 0.800. The molecule has 1 heterocycles. The molecule has 0 aromatic heterocycles. The van der Waals surface area contributed by atoms with E-state index in [1.165, 1.54) is 28.6 Å². The highest BCUT2D eigenvalue weighted by atomic mass is 32.2. The first kappa shape index (κ1) is 19.7. The van der Waals surface area contributed by atoms with Gasteiger partial charge in [0.25, 0.3) is 5.69 Å². The van der Waals surface area contributed by atoms with Crippen molar-refractivity contribution in [1.29, 1.82) is 0 Å². The molecule has 148 valence electrons. The monoisotopic (exact) mass is 409 g/mol. The van der Waals surface area contributed by atoms with Gasteiger partial charge in [-0.3, -0.25) is 20.2 Å². The molecule has 1 saturated heterocycles. The Morgan fingerprint density at radius 1 is 1.00 bits per heavy atom. The van der Waals surface area contributed by atoms with E-state index < -0.39 is 25.6 Å². The number of non-ortho nitro benzene ring substituents is 1. The zero-order chi connectivity index (χ0) is 20.3. The number of benzene rings is 2. The van der Waals surface area contributed by atoms with E-state index in [4.69, 9.17) is 9.47 Å². The average molecular weight is 409 g/mol. The SMILES string of the molecule is O=[N+]([O-])c1cccc(Oc2ccc(S(=O)(=O)N3CCOCC3)cc2[N+](=O)[O-])c1. The number of sulfonamides is 1. The summed E-state index contributed by atoms with van der Waals surface area (Å²) < 4.78 is 37.1. The zero-order valence-electron chi connectivity index (χ0n) is 14.4. The maximum Gasteiger partial charge on any atom is 0.312 e. The number of nitrogens with zero attached hydrogens (tertiary/aromatic N) is 3. The van der Waals surface area contributed by atoms with E-state index in [9.17, 15) is 28.6 Å². The fourth-order valence-corrected chi connectivity index (χ4v) is 4.04. The van der Waals surface area contributed by atoms with Gasteiger partial charge >= 0.3 is 5.69 Å². The first-order valence-electron chi connectivity index (χ1n) is 8.07. The summed E-state index contributed by atoms with van der Waals surface area (Å²) in [5, 5.41) is 22.3. The summed E-state index contributed by atoms with van der Waals surface area (Å²) >= 11 is 0. The molecule has 0 amide bonds. The van der Waals surface area contributed by atoms with Crippen LogP contribution in [-0.2, 0) is 14.8 Å². The van der Waals surface area contributed by atoms with Crippen molar-refractivity contribution in [1.82, 2.24) is 4.31 Å². The van der Waals surface area contributed by atoms with Crippen LogP contribution in [0.15, 0.2) is 47.4 Å². The van der Waals surface area contributed by atoms with Gasteiger partial charge in [0.1, 0.15) is 5.75 Å². The third-order valence-electron chi connectivity index (χ3n) is 3.99. The molecule has 2 aromatic rings. The molecule has 12 heteroatoms. The van der Waals surface area contributed by atoms with E-state index in [1.807, 2.05) is 0 Å². The molecule has 0 aliphatic carbocycles. The molecule has 0 N–H and O–H groups in total. The number of nitro benzene ring substituents is 2. The minimum atomic E-state index is -3.92. The lowest BCUT2D eigenvalue weighted by atomic mass is 10.3. The third kappa shape index (κ3) is 4.08. The predicted octanol–water partition coefficient (Wildman–Crippen LogP) is 2.32. The van der Waals surface area contributed by atoms with Gasteiger partial charge < -0.3 is 9.47 Å². The van der Waals surface area contributed by atoms with Crippen LogP contribution >= 0.6 is 0 Å². The van der Waals surface area contributed by atoms with E-state index in [2.05, 4.69) is 0 Å². The van der Waals surface area contributed by atoms with Gasteiger partial charge in [-0.15, -0.1) is 0 Å². The largest absolute Gasteiger partial charge is 0.450 e. The molecule has 0 radical (unpaired) electrons. The minimum absolute atomic E-state index is 0.0149. The molecule has 0 bridgehead atoms. The summed E-state index contributed by atoms with van der Waals surface area (Å²) in [6, 6.07) is 8.40. The van der Waals surface area contributed by atoms with Gasteiger partial charge in [0, 0.05) is 25.2 Å². The zero-order valence-corrected chi connectivity index (χ0v) is 15.2. The van der Waals surface area contributed by atoms with E-state index in [-0.39, 0.29) is 48.4 Å². The normalized spacial score (nSPS) is 15.1. The van der Waals surface area contributed by atoms with Gasteiger partial charge in [-0.2, -0.15) is 4.31 Å². The van der Waals surface area contributed by atoms with Crippen molar-refractivity contribution in [2.75, 3.05) is 26.3 Å². The lowest BCUT2D eigenvalue weighted by Gasteiger charge is -2.26. The fourth-order valence-electron chi connectivity index (χ4n) is 2.61. The summed E-state index contributed by atoms with van der Waals surface area (Å²) in [4.78, 5) is 20.6. The number of morpholine rings is 1. The first-order chi connectivity index (χ1) is 13.3. The summed E-state index contributed by atoms with van der Waals surface area (Å²) in [7, 11) is -3.92. The van der Waals surface area contributed by atoms with Crippen LogP contribution in [0.1, 0.15) is 0 Å². The van der Waals surface area contributed by atoms with Crippen LogP contribution in [0, 0.1) is 20.2 Å². The number of hydrogen-bond acceptors (Lipinski definition) is 8. The fraction of sp³-hybridized carbons (Fsp3) is 0.250. The average Bonchev–Trinajstić information content (AvgIpc) is 2.69. The minimum Gasteiger partial charge on any atom is -0.450 e. The van der Waals surface area contributed by atoms with Gasteiger partial charge in [-0.1, -0.05) is 6.07 Å². The number of rotatable bonds is 6. The van der Waals surface area contributed by atoms with Crippen LogP contribution in [0.25, 0.3) is 0 Å². The van der Waals surface area contributed by atoms with Crippen molar-refractivity contribution in [3.8, 4) is 11.5 Å². The molecular weight excluding hydrogens is 394 g/mol. The van der Waals surface area contributed by atoms with Crippen molar-refractivity contribution >= 4 is 21.4 Å². The molecule has 2 aromatic carbocycles. The second-order valence-electron chi connectivity index (χ2n) is 5.76. The quantitative estimate of drug-likeness (QED) is 0.522. The maximum atomic E-state index is 12.7. The van der Waals surface area contributed by atoms with E-state index >= 15 is 0 Å². The molecule has 1 fully saturated rings. The highest BCUT2D eigenvalue weighted by molar-refractivity contribution is 7.89. The molecule has 0 atom stereocenters. The lowest BCUT2D eigenvalue weighted by Crippen LogP contribution is -2.40. The Balaban J connectivity index is 1.95. The molecule has 11 nitrogen and oxygen atoms in total. The number of nitro groups is 2. The Morgan fingerprint density at radius 2 is 1.71 bits per heavy atom. The molecule has 3 rings (SSSR count). The van der Waals surface area contributed by atoms with E-state index in [1.54, 1.807) is 0 Å². The van der Waals surface area contributed by atoms with Crippen LogP contribution < -0.4 is 4.74 Å². The Hall–Kier alpha value is -3.09. The van der Waals surface area contributed by atoms with Crippen LogP contribution in [0.4, 0.5) is 11.4 Å². The smallest absolute Gasteiger partial charge is 0.312 e. The van der Waals surface area contributed by atoms with E-state index in [0.29, 0.717) is 0 Å². The van der Waals surface area contributed by atoms with Gasteiger partial charge in [-0.25, -0.2) is 8.42 Å². The number of hydrogen-bond donors (Lipinski definition) is 0. The highest BCUT2D eigenvalue weighted by Gasteiger charge is 2.29. The summed E-state index contributed by atoms with van der Waals surface area (Å²) in [5.41, 5.74) is -0.812. The van der Waals surface area contributed by atoms with Crippen molar-refractivity contribution in [2.24, 2.45) is 0 Å². The molecule has 1 aliphatic rings. The highest BCUT2D eigenvalue weighted by Crippen LogP contribution is 2.35. The molecular formula is C16H15N3O8S. The van der Waals surface area contributed by atoms with Gasteiger partial charge in [0.2, 0.25) is 15.8 Å². The van der Waals surface area contributed by atoms with Gasteiger partial charge in [0.15, 0.2) is 0 Å². The third-order valence-corrected chi connectivity index (χ3v) is 5.89. The van der Waals surface area contributed by atoms with Crippen molar-refractivity contribution in [3.63, 3.8) is 0 Å². The van der Waals surface area contributed by atoms with Crippen LogP contribution in [0.2, 0.25) is 0 Å². The van der Waals surface area contributed by atoms with E-state index in [0.717, 1.165) is 18.2 Å². The first-order valence-corrected chi connectivity index (χ1v) is 9.52. The second kappa shape index (κ2) is 7.88. The standard InChI is InChI=1S/C16H15N3O8S/c20-18(21)12-2-1-3-13(10-12)27-16-5-4-14(11-15(16)19(22)23)28(24,25)17-6-8-26-9-7-17/h1-5,10-11H,6-9H2. The maximum absolute atomic E-state index is 12.7. The van der Waals surface area contributed by atoms with Crippen LogP contribution in [-0.4, -0.2) is 48.9 Å². The topological polar surface area (TPSA) is 142 Å². The van der Waals surface area contributed by atoms with Crippen molar-refractivity contribution in [3.05, 3.63) is 62.7 Å².